The summed E-state index contributed by atoms with van der Waals surface area (Å²) in [6, 6.07) is 20.3. The third kappa shape index (κ3) is 17.3. The maximum Gasteiger partial charge on any atom is 0.197 e. The Bertz CT molecular complexity index is 1780. The van der Waals surface area contributed by atoms with Gasteiger partial charge in [0.25, 0.3) is 0 Å². The average molecular weight is 704 g/mol. The Morgan fingerprint density at radius 3 is 1.94 bits per heavy atom. The molecule has 0 atom stereocenters. The molecule has 0 spiro atoms. The predicted molar refractivity (Wildman–Crippen MR) is 204 cm³/mol. The molecule has 5 aromatic rings. The van der Waals surface area contributed by atoms with Crippen LogP contribution in [0.25, 0.3) is 22.6 Å². The monoisotopic (exact) mass is 702 g/mol. The molecule has 6 N–H and O–H groups in total. The number of anilines is 2. The molecule has 14 heteroatoms. The number of hydrogen-bond acceptors (Lipinski definition) is 7. The molecule has 0 amide bonds. The fourth-order valence-corrected chi connectivity index (χ4v) is 4.36. The zero-order chi connectivity index (χ0) is 33.7. The zero-order valence-electron chi connectivity index (χ0n) is 27.7. The summed E-state index contributed by atoms with van der Waals surface area (Å²) in [4.78, 5) is 16.4. The maximum absolute atomic E-state index is 8.11. The van der Waals surface area contributed by atoms with E-state index in [0.29, 0.717) is 18.4 Å². The topological polar surface area (TPSA) is 189 Å². The highest BCUT2D eigenvalue weighted by Gasteiger charge is 2.03. The van der Waals surface area contributed by atoms with E-state index in [1.807, 2.05) is 72.4 Å². The lowest BCUT2D eigenvalue weighted by Crippen LogP contribution is -1.99. The van der Waals surface area contributed by atoms with Gasteiger partial charge in [0, 0.05) is 41.9 Å². The second-order valence-corrected chi connectivity index (χ2v) is 10.7. The van der Waals surface area contributed by atoms with E-state index in [2.05, 4.69) is 71.3 Å². The first-order valence-electron chi connectivity index (χ1n) is 15.2. The molecular formula is C35H44Cl2N12. The number of aryl methyl sites for hydroxylation is 3. The van der Waals surface area contributed by atoms with Crippen LogP contribution in [0.3, 0.4) is 0 Å². The molecule has 49 heavy (non-hydrogen) atoms. The van der Waals surface area contributed by atoms with Gasteiger partial charge in [0.05, 0.1) is 24.6 Å². The maximum atomic E-state index is 8.11. The minimum atomic E-state index is 0. The lowest BCUT2D eigenvalue weighted by atomic mass is 10.1. The first-order chi connectivity index (χ1) is 22.8. The number of hydrogen-bond donors (Lipinski definition) is 4. The van der Waals surface area contributed by atoms with Crippen LogP contribution in [-0.4, -0.2) is 41.5 Å². The van der Waals surface area contributed by atoms with Gasteiger partial charge in [-0.05, 0) is 49.8 Å². The summed E-state index contributed by atoms with van der Waals surface area (Å²) in [5.74, 6) is 3.46. The summed E-state index contributed by atoms with van der Waals surface area (Å²) < 4.78 is 1.89. The van der Waals surface area contributed by atoms with E-state index in [1.165, 1.54) is 11.1 Å². The smallest absolute Gasteiger partial charge is 0.197 e. The van der Waals surface area contributed by atoms with Crippen molar-refractivity contribution in [2.45, 2.75) is 52.5 Å². The van der Waals surface area contributed by atoms with Gasteiger partial charge in [-0.2, -0.15) is 0 Å². The minimum Gasteiger partial charge on any atom is -0.369 e. The molecule has 0 bridgehead atoms. The number of nitrogens with two attached hydrogens (primary N) is 2. The number of H-pyrrole nitrogens is 2. The number of benzene rings is 2. The van der Waals surface area contributed by atoms with Gasteiger partial charge in [-0.3, -0.25) is 0 Å². The van der Waals surface area contributed by atoms with Crippen molar-refractivity contribution in [3.8, 4) is 12.3 Å². The summed E-state index contributed by atoms with van der Waals surface area (Å²) in [6.07, 6.45) is 19.1. The molecule has 0 aliphatic carbocycles. The molecule has 0 unspecified atom stereocenters. The Kier molecular flexibility index (Phi) is 20.2. The van der Waals surface area contributed by atoms with E-state index >= 15 is 0 Å². The molecule has 5 rings (SSSR count). The van der Waals surface area contributed by atoms with E-state index in [4.69, 9.17) is 23.4 Å². The highest BCUT2D eigenvalue weighted by molar-refractivity contribution is 5.85. The molecular weight excluding hydrogens is 659 g/mol. The number of azide groups is 1. The molecule has 258 valence electrons. The van der Waals surface area contributed by atoms with Gasteiger partial charge in [0.1, 0.15) is 0 Å². The molecule has 0 radical (unpaired) electrons. The number of allylic oxidation sites excluding steroid dienone is 1. The van der Waals surface area contributed by atoms with Gasteiger partial charge in [0.15, 0.2) is 11.9 Å². The standard InChI is InChI=1S/C18H22N6.C10H11N3.C7H9N3.2ClH/c1-14(10-15-6-3-2-4-7-15)12-24-13-17(22-23-24)9-5-8-16-11-20-18(19)21-16;1-9(8-12-13-11)7-10-5-3-2-4-6-10;1-2-3-4-6-5-9-7(8)10-6;;/h2-4,6-7,10-11,13H,5,8-9,12H2,1H3,(H3,19,20,21);2-7H,8H2,1H3;1,5H,3-4H2,(H3,8,9,10);2*1H/b14-10+;9-7+;;;. The normalized spacial score (nSPS) is 10.5. The van der Waals surface area contributed by atoms with Crippen LogP contribution in [0, 0.1) is 12.3 Å². The van der Waals surface area contributed by atoms with E-state index in [1.54, 1.807) is 12.4 Å². The summed E-state index contributed by atoms with van der Waals surface area (Å²) in [6.45, 7) is 5.24. The molecule has 0 aliphatic heterocycles. The van der Waals surface area contributed by atoms with Crippen molar-refractivity contribution >= 4 is 48.9 Å². The van der Waals surface area contributed by atoms with Gasteiger partial charge in [0.2, 0.25) is 0 Å². The molecule has 2 aromatic carbocycles. The van der Waals surface area contributed by atoms with Crippen LogP contribution < -0.4 is 11.5 Å². The van der Waals surface area contributed by atoms with Gasteiger partial charge in [-0.1, -0.05) is 94.3 Å². The Labute approximate surface area is 300 Å². The van der Waals surface area contributed by atoms with Gasteiger partial charge in [-0.15, -0.1) is 42.3 Å². The Balaban J connectivity index is 0.000000406. The van der Waals surface area contributed by atoms with Gasteiger partial charge in [-0.25, -0.2) is 14.6 Å². The van der Waals surface area contributed by atoms with Crippen LogP contribution >= 0.6 is 24.8 Å². The van der Waals surface area contributed by atoms with E-state index < -0.39 is 0 Å². The van der Waals surface area contributed by atoms with E-state index in [9.17, 15) is 0 Å². The van der Waals surface area contributed by atoms with Crippen molar-refractivity contribution in [2.24, 2.45) is 5.11 Å². The minimum absolute atomic E-state index is 0. The lowest BCUT2D eigenvalue weighted by Gasteiger charge is -2.01. The molecule has 0 aliphatic rings. The number of nitrogens with zero attached hydrogens (tertiary/aromatic N) is 8. The third-order valence-electron chi connectivity index (χ3n) is 6.52. The van der Waals surface area contributed by atoms with Crippen LogP contribution in [0.1, 0.15) is 54.9 Å². The number of nitrogens with one attached hydrogen (secondary N) is 2. The summed E-state index contributed by atoms with van der Waals surface area (Å²) >= 11 is 0. The zero-order valence-corrected chi connectivity index (χ0v) is 29.4. The largest absolute Gasteiger partial charge is 0.369 e. The Hall–Kier alpha value is -5.47. The second kappa shape index (κ2) is 23.8. The SMILES string of the molecule is C#CCCc1cnc(N)[nH]1.C/C(=C\c1ccccc1)CN=[N+]=[N-].C/C(=C\c1ccccc1)Cn1cc(CCCc2cnc(N)[nH]2)nn1.Cl.Cl. The number of rotatable bonds is 12. The van der Waals surface area contributed by atoms with Crippen molar-refractivity contribution in [1.82, 2.24) is 34.9 Å². The predicted octanol–water partition coefficient (Wildman–Crippen LogP) is 7.66. The summed E-state index contributed by atoms with van der Waals surface area (Å²) in [5.41, 5.74) is 26.7. The molecule has 0 fully saturated rings. The highest BCUT2D eigenvalue weighted by atomic mass is 35.5. The lowest BCUT2D eigenvalue weighted by molar-refractivity contribution is 0.643. The number of halogens is 2. The second-order valence-electron chi connectivity index (χ2n) is 10.7. The first-order valence-corrected chi connectivity index (χ1v) is 15.2. The first kappa shape index (κ1) is 41.6. The quantitative estimate of drug-likeness (QED) is 0.0446. The fraction of sp³-hybridized carbons (Fsp3) is 0.257. The van der Waals surface area contributed by atoms with Crippen LogP contribution in [0.15, 0.2) is 95.5 Å². The molecule has 0 saturated carbocycles. The summed E-state index contributed by atoms with van der Waals surface area (Å²) in [5, 5.41) is 11.9. The van der Waals surface area contributed by atoms with Crippen molar-refractivity contribution < 1.29 is 0 Å². The van der Waals surface area contributed by atoms with Crippen molar-refractivity contribution in [3.63, 3.8) is 0 Å². The summed E-state index contributed by atoms with van der Waals surface area (Å²) in [7, 11) is 0. The number of aromatic amines is 2. The highest BCUT2D eigenvalue weighted by Crippen LogP contribution is 2.10. The van der Waals surface area contributed by atoms with Gasteiger partial charge >= 0.3 is 0 Å². The molecule has 3 aromatic heterocycles. The van der Waals surface area contributed by atoms with Crippen LogP contribution in [0.4, 0.5) is 11.9 Å². The molecule has 0 saturated heterocycles. The molecule has 12 nitrogen and oxygen atoms in total. The number of imidazole rings is 2. The van der Waals surface area contributed by atoms with Crippen LogP contribution in [0.2, 0.25) is 0 Å². The Morgan fingerprint density at radius 1 is 0.878 bits per heavy atom. The third-order valence-corrected chi connectivity index (χ3v) is 6.52. The van der Waals surface area contributed by atoms with Crippen molar-refractivity contribution in [1.29, 1.82) is 0 Å². The van der Waals surface area contributed by atoms with Gasteiger partial charge < -0.3 is 21.4 Å². The van der Waals surface area contributed by atoms with Crippen molar-refractivity contribution in [3.05, 3.63) is 129 Å². The molecule has 3 heterocycles. The fourth-order valence-electron chi connectivity index (χ4n) is 4.36. The van der Waals surface area contributed by atoms with E-state index in [-0.39, 0.29) is 24.8 Å². The number of nitrogen functional groups attached to an aromatic ring is 2. The van der Waals surface area contributed by atoms with E-state index in [0.717, 1.165) is 66.9 Å². The Morgan fingerprint density at radius 2 is 1.43 bits per heavy atom. The number of terminal acetylenes is 1. The van der Waals surface area contributed by atoms with Crippen LogP contribution in [-0.2, 0) is 25.8 Å². The average Bonchev–Trinajstić information content (AvgIpc) is 3.82. The van der Waals surface area contributed by atoms with Crippen LogP contribution in [0.5, 0.6) is 0 Å². The van der Waals surface area contributed by atoms with Crippen molar-refractivity contribution in [2.75, 3.05) is 18.0 Å². The number of aromatic nitrogens is 7.